The van der Waals surface area contributed by atoms with Crippen molar-refractivity contribution in [2.45, 2.75) is 26.4 Å². The lowest BCUT2D eigenvalue weighted by atomic mass is 10.3. The molecule has 0 amide bonds. The highest BCUT2D eigenvalue weighted by molar-refractivity contribution is 7.09. The molecule has 108 valence electrons. The van der Waals surface area contributed by atoms with Crippen LogP contribution in [-0.4, -0.2) is 61.5 Å². The van der Waals surface area contributed by atoms with E-state index in [4.69, 9.17) is 0 Å². The van der Waals surface area contributed by atoms with Gasteiger partial charge in [0.05, 0.1) is 17.2 Å². The molecule has 0 aliphatic rings. The van der Waals surface area contributed by atoms with Gasteiger partial charge >= 0.3 is 0 Å². The number of nitrogens with zero attached hydrogens (tertiary/aromatic N) is 4. The second kappa shape index (κ2) is 7.45. The van der Waals surface area contributed by atoms with Gasteiger partial charge in [-0.3, -0.25) is 4.99 Å². The predicted molar refractivity (Wildman–Crippen MR) is 82.8 cm³/mol. The van der Waals surface area contributed by atoms with Crippen LogP contribution < -0.4 is 5.32 Å². The number of aromatic nitrogens is 1. The second-order valence-electron chi connectivity index (χ2n) is 4.95. The Morgan fingerprint density at radius 3 is 2.63 bits per heavy atom. The van der Waals surface area contributed by atoms with E-state index in [2.05, 4.69) is 51.5 Å². The highest BCUT2D eigenvalue weighted by Gasteiger charge is 2.10. The van der Waals surface area contributed by atoms with E-state index in [-0.39, 0.29) is 0 Å². The zero-order valence-corrected chi connectivity index (χ0v) is 13.6. The third-order valence-corrected chi connectivity index (χ3v) is 3.90. The number of guanidine groups is 1. The third kappa shape index (κ3) is 5.16. The van der Waals surface area contributed by atoms with Crippen molar-refractivity contribution in [2.24, 2.45) is 4.99 Å². The zero-order chi connectivity index (χ0) is 14.4. The Morgan fingerprint density at radius 2 is 2.16 bits per heavy atom. The lowest BCUT2D eigenvalue weighted by molar-refractivity contribution is 0.309. The van der Waals surface area contributed by atoms with Crippen molar-refractivity contribution in [3.8, 4) is 0 Å². The lowest BCUT2D eigenvalue weighted by Crippen LogP contribution is -2.44. The molecule has 6 heteroatoms. The minimum absolute atomic E-state index is 0.465. The number of nitrogens with one attached hydrogen (secondary N) is 1. The molecule has 1 rings (SSSR count). The number of rotatable bonds is 5. The van der Waals surface area contributed by atoms with Crippen molar-refractivity contribution < 1.29 is 0 Å². The molecule has 1 aromatic heterocycles. The van der Waals surface area contributed by atoms with Crippen molar-refractivity contribution in [2.75, 3.05) is 34.7 Å². The van der Waals surface area contributed by atoms with E-state index in [9.17, 15) is 0 Å². The van der Waals surface area contributed by atoms with Crippen molar-refractivity contribution in [3.63, 3.8) is 0 Å². The fourth-order valence-electron chi connectivity index (χ4n) is 1.61. The lowest BCUT2D eigenvalue weighted by Gasteiger charge is -2.25. The second-order valence-corrected chi connectivity index (χ2v) is 6.02. The molecule has 5 nitrogen and oxygen atoms in total. The summed E-state index contributed by atoms with van der Waals surface area (Å²) in [7, 11) is 8.00. The largest absolute Gasteiger partial charge is 0.355 e. The normalized spacial score (nSPS) is 13.7. The summed E-state index contributed by atoms with van der Waals surface area (Å²) in [6, 6.07) is 0.465. The summed E-state index contributed by atoms with van der Waals surface area (Å²) in [5.41, 5.74) is 1.09. The molecule has 0 aromatic carbocycles. The first-order chi connectivity index (χ1) is 8.93. The monoisotopic (exact) mass is 283 g/mol. The Hall–Kier alpha value is -1.14. The van der Waals surface area contributed by atoms with Gasteiger partial charge in [-0.15, -0.1) is 11.3 Å². The van der Waals surface area contributed by atoms with Gasteiger partial charge in [-0.05, 0) is 27.9 Å². The maximum Gasteiger partial charge on any atom is 0.193 e. The Morgan fingerprint density at radius 1 is 1.47 bits per heavy atom. The van der Waals surface area contributed by atoms with Crippen molar-refractivity contribution in [1.82, 2.24) is 20.1 Å². The maximum atomic E-state index is 4.48. The molecule has 0 fully saturated rings. The number of aryl methyl sites for hydroxylation is 1. The standard InChI is InChI=1S/C13H25N5S/c1-10(17(4)5)7-15-13(14-3)18(6)8-12-9-19-11(2)16-12/h9-10H,7-8H2,1-6H3,(H,14,15). The highest BCUT2D eigenvalue weighted by Crippen LogP contribution is 2.09. The molecule has 1 unspecified atom stereocenters. The summed E-state index contributed by atoms with van der Waals surface area (Å²) in [6.45, 7) is 5.87. The van der Waals surface area contributed by atoms with Gasteiger partial charge in [-0.25, -0.2) is 4.98 Å². The first-order valence-electron chi connectivity index (χ1n) is 6.43. The summed E-state index contributed by atoms with van der Waals surface area (Å²) in [5, 5.41) is 6.59. The van der Waals surface area contributed by atoms with Gasteiger partial charge in [0.25, 0.3) is 0 Å². The van der Waals surface area contributed by atoms with Crippen LogP contribution in [0.25, 0.3) is 0 Å². The Kier molecular flexibility index (Phi) is 6.24. The summed E-state index contributed by atoms with van der Waals surface area (Å²) in [6.07, 6.45) is 0. The molecular weight excluding hydrogens is 258 g/mol. The van der Waals surface area contributed by atoms with Crippen LogP contribution in [0.15, 0.2) is 10.4 Å². The number of thiazole rings is 1. The van der Waals surface area contributed by atoms with Gasteiger partial charge in [0.15, 0.2) is 5.96 Å². The van der Waals surface area contributed by atoms with Crippen molar-refractivity contribution in [3.05, 3.63) is 16.1 Å². The summed E-state index contributed by atoms with van der Waals surface area (Å²) in [4.78, 5) is 13.1. The van der Waals surface area contributed by atoms with Crippen LogP contribution in [0.2, 0.25) is 0 Å². The molecule has 0 aliphatic carbocycles. The summed E-state index contributed by atoms with van der Waals surface area (Å²) < 4.78 is 0. The van der Waals surface area contributed by atoms with Gasteiger partial charge in [0.2, 0.25) is 0 Å². The quantitative estimate of drug-likeness (QED) is 0.655. The molecule has 0 spiro atoms. The number of hydrogen-bond donors (Lipinski definition) is 1. The minimum Gasteiger partial charge on any atom is -0.355 e. The minimum atomic E-state index is 0.465. The van der Waals surface area contributed by atoms with E-state index < -0.39 is 0 Å². The van der Waals surface area contributed by atoms with Crippen LogP contribution in [0.3, 0.4) is 0 Å². The van der Waals surface area contributed by atoms with E-state index in [1.165, 1.54) is 0 Å². The molecule has 1 N–H and O–H groups in total. The zero-order valence-electron chi connectivity index (χ0n) is 12.8. The van der Waals surface area contributed by atoms with Crippen LogP contribution in [0.4, 0.5) is 0 Å². The van der Waals surface area contributed by atoms with E-state index >= 15 is 0 Å². The Labute approximate surface area is 120 Å². The highest BCUT2D eigenvalue weighted by atomic mass is 32.1. The van der Waals surface area contributed by atoms with Crippen LogP contribution in [0.5, 0.6) is 0 Å². The van der Waals surface area contributed by atoms with E-state index in [0.717, 1.165) is 29.8 Å². The van der Waals surface area contributed by atoms with E-state index in [1.54, 1.807) is 11.3 Å². The molecule has 1 aromatic rings. The SMILES string of the molecule is CN=C(NCC(C)N(C)C)N(C)Cc1csc(C)n1. The van der Waals surface area contributed by atoms with Crippen LogP contribution in [-0.2, 0) is 6.54 Å². The molecule has 19 heavy (non-hydrogen) atoms. The first kappa shape index (κ1) is 15.9. The predicted octanol–water partition coefficient (Wildman–Crippen LogP) is 1.41. The first-order valence-corrected chi connectivity index (χ1v) is 7.31. The number of likely N-dealkylation sites (N-methyl/N-ethyl adjacent to an activating group) is 1. The van der Waals surface area contributed by atoms with Crippen molar-refractivity contribution in [1.29, 1.82) is 0 Å². The summed E-state index contributed by atoms with van der Waals surface area (Å²) in [5.74, 6) is 0.902. The topological polar surface area (TPSA) is 43.8 Å². The van der Waals surface area contributed by atoms with Crippen LogP contribution in [0.1, 0.15) is 17.6 Å². The molecule has 0 saturated heterocycles. The van der Waals surface area contributed by atoms with Gasteiger partial charge in [-0.2, -0.15) is 0 Å². The van der Waals surface area contributed by atoms with Crippen LogP contribution in [0, 0.1) is 6.92 Å². The molecule has 0 saturated carbocycles. The smallest absolute Gasteiger partial charge is 0.193 e. The van der Waals surface area contributed by atoms with E-state index in [1.807, 2.05) is 21.0 Å². The molecule has 0 bridgehead atoms. The van der Waals surface area contributed by atoms with Gasteiger partial charge in [-0.1, -0.05) is 0 Å². The number of hydrogen-bond acceptors (Lipinski definition) is 4. The van der Waals surface area contributed by atoms with Crippen LogP contribution >= 0.6 is 11.3 Å². The Bertz CT molecular complexity index is 413. The van der Waals surface area contributed by atoms with E-state index in [0.29, 0.717) is 6.04 Å². The number of aliphatic imine (C=N–C) groups is 1. The fraction of sp³-hybridized carbons (Fsp3) is 0.692. The molecular formula is C13H25N5S. The maximum absolute atomic E-state index is 4.48. The van der Waals surface area contributed by atoms with Gasteiger partial charge in [0.1, 0.15) is 0 Å². The molecule has 0 aliphatic heterocycles. The van der Waals surface area contributed by atoms with Gasteiger partial charge < -0.3 is 15.1 Å². The van der Waals surface area contributed by atoms with Gasteiger partial charge in [0, 0.05) is 32.1 Å². The average molecular weight is 283 g/mol. The molecule has 1 heterocycles. The summed E-state index contributed by atoms with van der Waals surface area (Å²) >= 11 is 1.68. The fourth-order valence-corrected chi connectivity index (χ4v) is 2.21. The Balaban J connectivity index is 2.50. The molecule has 1 atom stereocenters. The molecule has 0 radical (unpaired) electrons. The third-order valence-electron chi connectivity index (χ3n) is 3.08. The average Bonchev–Trinajstić information content (AvgIpc) is 2.75. The van der Waals surface area contributed by atoms with Crippen molar-refractivity contribution >= 4 is 17.3 Å².